The van der Waals surface area contributed by atoms with E-state index in [0.29, 0.717) is 28.2 Å². The van der Waals surface area contributed by atoms with Gasteiger partial charge in [-0.1, -0.05) is 72.6 Å². The van der Waals surface area contributed by atoms with Gasteiger partial charge in [0.1, 0.15) is 18.2 Å². The third-order valence-electron chi connectivity index (χ3n) is 5.41. The minimum absolute atomic E-state index is 0.0600. The predicted molar refractivity (Wildman–Crippen MR) is 132 cm³/mol. The van der Waals surface area contributed by atoms with E-state index >= 15 is 0 Å². The molecule has 1 N–H and O–H groups in total. The van der Waals surface area contributed by atoms with Gasteiger partial charge >= 0.3 is 0 Å². The molecule has 0 saturated heterocycles. The van der Waals surface area contributed by atoms with Gasteiger partial charge in [-0.3, -0.25) is 0 Å². The molecule has 0 radical (unpaired) electrons. The van der Waals surface area contributed by atoms with Gasteiger partial charge in [-0.25, -0.2) is 4.98 Å². The van der Waals surface area contributed by atoms with Crippen molar-refractivity contribution in [2.24, 2.45) is 0 Å². The number of aromatic nitrogens is 2. The number of hydrogen-bond acceptors (Lipinski definition) is 4. The van der Waals surface area contributed by atoms with Crippen LogP contribution in [0.2, 0.25) is 10.0 Å². The van der Waals surface area contributed by atoms with E-state index in [-0.39, 0.29) is 19.3 Å². The minimum Gasteiger partial charge on any atom is -0.484 e. The lowest BCUT2D eigenvalue weighted by Gasteiger charge is -2.20. The molecule has 1 aromatic heterocycles. The fourth-order valence-electron chi connectivity index (χ4n) is 3.78. The standard InChI is InChI=1S/C26H26Cl2N2O3/c1-2-24(18-8-4-3-5-9-18)32-16-20(31)15-30-23-11-7-6-10-22(23)29-26(30)17-33-25-13-12-19(27)14-21(25)28/h3-14,20,24,31H,2,15-17H2,1H3. The summed E-state index contributed by atoms with van der Waals surface area (Å²) in [5, 5.41) is 11.8. The van der Waals surface area contributed by atoms with Crippen LogP contribution in [0.25, 0.3) is 11.0 Å². The van der Waals surface area contributed by atoms with Gasteiger partial charge in [0.05, 0.1) is 41.4 Å². The predicted octanol–water partition coefficient (Wildman–Crippen LogP) is 6.45. The summed E-state index contributed by atoms with van der Waals surface area (Å²) in [6.07, 6.45) is 0.0551. The Morgan fingerprint density at radius 3 is 2.52 bits per heavy atom. The first-order chi connectivity index (χ1) is 16.0. The van der Waals surface area contributed by atoms with Crippen LogP contribution < -0.4 is 4.74 Å². The van der Waals surface area contributed by atoms with Gasteiger partial charge in [-0.05, 0) is 42.3 Å². The van der Waals surface area contributed by atoms with Crippen molar-refractivity contribution in [3.63, 3.8) is 0 Å². The summed E-state index contributed by atoms with van der Waals surface area (Å²) in [4.78, 5) is 4.70. The van der Waals surface area contributed by atoms with E-state index in [1.165, 1.54) is 0 Å². The highest BCUT2D eigenvalue weighted by atomic mass is 35.5. The molecule has 2 atom stereocenters. The van der Waals surface area contributed by atoms with E-state index in [1.807, 2.05) is 59.2 Å². The van der Waals surface area contributed by atoms with E-state index in [2.05, 4.69) is 6.92 Å². The van der Waals surface area contributed by atoms with Crippen molar-refractivity contribution in [2.75, 3.05) is 6.61 Å². The van der Waals surface area contributed by atoms with E-state index in [0.717, 1.165) is 23.0 Å². The molecule has 172 valence electrons. The number of ether oxygens (including phenoxy) is 2. The first kappa shape index (κ1) is 23.6. The summed E-state index contributed by atoms with van der Waals surface area (Å²) >= 11 is 12.2. The summed E-state index contributed by atoms with van der Waals surface area (Å²) in [5.41, 5.74) is 2.86. The van der Waals surface area contributed by atoms with Gasteiger partial charge in [0.25, 0.3) is 0 Å². The second-order valence-electron chi connectivity index (χ2n) is 7.79. The van der Waals surface area contributed by atoms with Crippen LogP contribution >= 0.6 is 23.2 Å². The zero-order chi connectivity index (χ0) is 23.2. The van der Waals surface area contributed by atoms with Gasteiger partial charge in [-0.15, -0.1) is 0 Å². The van der Waals surface area contributed by atoms with Crippen molar-refractivity contribution in [1.82, 2.24) is 9.55 Å². The molecule has 0 aliphatic heterocycles. The Labute approximate surface area is 203 Å². The Morgan fingerprint density at radius 1 is 1.00 bits per heavy atom. The average molecular weight is 485 g/mol. The topological polar surface area (TPSA) is 56.5 Å². The molecule has 5 nitrogen and oxygen atoms in total. The number of nitrogens with zero attached hydrogens (tertiary/aromatic N) is 2. The van der Waals surface area contributed by atoms with Crippen LogP contribution in [0.15, 0.2) is 72.8 Å². The summed E-state index contributed by atoms with van der Waals surface area (Å²) in [6.45, 7) is 2.82. The molecule has 0 fully saturated rings. The first-order valence-corrected chi connectivity index (χ1v) is 11.7. The molecule has 0 amide bonds. The molecule has 2 unspecified atom stereocenters. The van der Waals surface area contributed by atoms with E-state index in [1.54, 1.807) is 18.2 Å². The molecule has 0 saturated carbocycles. The molecule has 0 bridgehead atoms. The Bertz CT molecular complexity index is 1200. The smallest absolute Gasteiger partial charge is 0.148 e. The molecular weight excluding hydrogens is 459 g/mol. The number of halogens is 2. The number of para-hydroxylation sites is 2. The van der Waals surface area contributed by atoms with Crippen LogP contribution in [-0.4, -0.2) is 27.4 Å². The van der Waals surface area contributed by atoms with Gasteiger partial charge in [0.2, 0.25) is 0 Å². The van der Waals surface area contributed by atoms with Crippen LogP contribution in [0.5, 0.6) is 5.75 Å². The molecule has 0 spiro atoms. The average Bonchev–Trinajstić information content (AvgIpc) is 3.17. The fourth-order valence-corrected chi connectivity index (χ4v) is 4.25. The van der Waals surface area contributed by atoms with Gasteiger partial charge in [-0.2, -0.15) is 0 Å². The maximum absolute atomic E-state index is 10.8. The van der Waals surface area contributed by atoms with Crippen LogP contribution in [0.1, 0.15) is 30.8 Å². The van der Waals surface area contributed by atoms with E-state index < -0.39 is 6.10 Å². The lowest BCUT2D eigenvalue weighted by Crippen LogP contribution is -2.24. The highest BCUT2D eigenvalue weighted by Crippen LogP contribution is 2.29. The Morgan fingerprint density at radius 2 is 1.76 bits per heavy atom. The molecule has 0 aliphatic rings. The fraction of sp³-hybridized carbons (Fsp3) is 0.269. The minimum atomic E-state index is -0.710. The SMILES string of the molecule is CCC(OCC(O)Cn1c(COc2ccc(Cl)cc2Cl)nc2ccccc21)c1ccccc1. The Kier molecular flexibility index (Phi) is 7.89. The van der Waals surface area contributed by atoms with Crippen LogP contribution in [0, 0.1) is 0 Å². The molecule has 3 aromatic carbocycles. The van der Waals surface area contributed by atoms with Crippen LogP contribution in [0.4, 0.5) is 0 Å². The van der Waals surface area contributed by atoms with Gasteiger partial charge in [0.15, 0.2) is 0 Å². The number of benzene rings is 3. The first-order valence-electron chi connectivity index (χ1n) is 10.9. The number of fused-ring (bicyclic) bond motifs is 1. The number of rotatable bonds is 10. The number of aliphatic hydroxyl groups is 1. The van der Waals surface area contributed by atoms with Crippen molar-refractivity contribution in [2.45, 2.75) is 38.7 Å². The molecule has 4 rings (SSSR count). The molecule has 7 heteroatoms. The van der Waals surface area contributed by atoms with Crippen molar-refractivity contribution in [1.29, 1.82) is 0 Å². The molecule has 33 heavy (non-hydrogen) atoms. The van der Waals surface area contributed by atoms with Gasteiger partial charge in [0, 0.05) is 5.02 Å². The van der Waals surface area contributed by atoms with E-state index in [4.69, 9.17) is 37.7 Å². The number of aliphatic hydroxyl groups excluding tert-OH is 1. The lowest BCUT2D eigenvalue weighted by molar-refractivity contribution is -0.0176. The quantitative estimate of drug-likeness (QED) is 0.281. The summed E-state index contributed by atoms with van der Waals surface area (Å²) < 4.78 is 13.9. The third-order valence-corrected chi connectivity index (χ3v) is 5.94. The second-order valence-corrected chi connectivity index (χ2v) is 8.63. The maximum atomic E-state index is 10.8. The molecule has 0 aliphatic carbocycles. The molecule has 4 aromatic rings. The second kappa shape index (κ2) is 11.0. The monoisotopic (exact) mass is 484 g/mol. The van der Waals surface area contributed by atoms with Crippen LogP contribution in [0.3, 0.4) is 0 Å². The normalized spacial score (nSPS) is 13.2. The Hall–Kier alpha value is -2.57. The highest BCUT2D eigenvalue weighted by Gasteiger charge is 2.17. The summed E-state index contributed by atoms with van der Waals surface area (Å²) in [5.74, 6) is 1.22. The Balaban J connectivity index is 1.48. The largest absolute Gasteiger partial charge is 0.484 e. The van der Waals surface area contributed by atoms with E-state index in [9.17, 15) is 5.11 Å². The molecular formula is C26H26Cl2N2O3. The summed E-state index contributed by atoms with van der Waals surface area (Å²) in [7, 11) is 0. The number of hydrogen-bond donors (Lipinski definition) is 1. The third kappa shape index (κ3) is 5.87. The van der Waals surface area contributed by atoms with Gasteiger partial charge < -0.3 is 19.1 Å². The van der Waals surface area contributed by atoms with Crippen molar-refractivity contribution in [3.8, 4) is 5.75 Å². The summed E-state index contributed by atoms with van der Waals surface area (Å²) in [6, 6.07) is 23.0. The molecule has 1 heterocycles. The zero-order valence-electron chi connectivity index (χ0n) is 18.3. The lowest BCUT2D eigenvalue weighted by atomic mass is 10.1. The van der Waals surface area contributed by atoms with Crippen molar-refractivity contribution >= 4 is 34.2 Å². The zero-order valence-corrected chi connectivity index (χ0v) is 19.8. The maximum Gasteiger partial charge on any atom is 0.148 e. The van der Waals surface area contributed by atoms with Crippen LogP contribution in [-0.2, 0) is 17.9 Å². The van der Waals surface area contributed by atoms with Crippen molar-refractivity contribution < 1.29 is 14.6 Å². The number of imidazole rings is 1. The van der Waals surface area contributed by atoms with Crippen molar-refractivity contribution in [3.05, 3.63) is 94.2 Å². The highest BCUT2D eigenvalue weighted by molar-refractivity contribution is 6.35.